The highest BCUT2D eigenvalue weighted by Crippen LogP contribution is 2.32. The fourth-order valence-corrected chi connectivity index (χ4v) is 4.35. The maximum atomic E-state index is 12.9. The van der Waals surface area contributed by atoms with Crippen molar-refractivity contribution < 1.29 is 14.4 Å². The molecule has 7 nitrogen and oxygen atoms in total. The van der Waals surface area contributed by atoms with Crippen LogP contribution < -0.4 is 15.5 Å². The summed E-state index contributed by atoms with van der Waals surface area (Å²) in [6, 6.07) is 3.10. The molecule has 4 amide bonds. The van der Waals surface area contributed by atoms with Crippen molar-refractivity contribution in [2.45, 2.75) is 32.7 Å². The van der Waals surface area contributed by atoms with E-state index in [1.54, 1.807) is 24.8 Å². The zero-order valence-corrected chi connectivity index (χ0v) is 17.7. The average Bonchev–Trinajstić information content (AvgIpc) is 2.89. The van der Waals surface area contributed by atoms with Gasteiger partial charge in [-0.3, -0.25) is 14.9 Å². The molecule has 2 aliphatic heterocycles. The number of anilines is 1. The monoisotopic (exact) mass is 426 g/mol. The van der Waals surface area contributed by atoms with Gasteiger partial charge in [0.05, 0.1) is 0 Å². The van der Waals surface area contributed by atoms with Crippen LogP contribution in [-0.4, -0.2) is 54.5 Å². The van der Waals surface area contributed by atoms with Crippen LogP contribution in [0, 0.1) is 12.8 Å². The van der Waals surface area contributed by atoms with Gasteiger partial charge in [-0.25, -0.2) is 4.79 Å². The maximum Gasteiger partial charge on any atom is 0.322 e. The molecule has 2 unspecified atom stereocenters. The molecule has 0 aliphatic carbocycles. The quantitative estimate of drug-likeness (QED) is 0.724. The fraction of sp³-hybridized carbons (Fsp3) is 0.526. The minimum atomic E-state index is -1.05. The summed E-state index contributed by atoms with van der Waals surface area (Å²) >= 11 is 12.4. The number of halogens is 2. The summed E-state index contributed by atoms with van der Waals surface area (Å²) < 4.78 is 0. The molecule has 28 heavy (non-hydrogen) atoms. The van der Waals surface area contributed by atoms with Crippen molar-refractivity contribution in [2.24, 2.45) is 5.92 Å². The lowest BCUT2D eigenvalue weighted by atomic mass is 9.89. The Kier molecular flexibility index (Phi) is 5.77. The van der Waals surface area contributed by atoms with Crippen LogP contribution >= 0.6 is 23.2 Å². The predicted octanol–water partition coefficient (Wildman–Crippen LogP) is 2.57. The molecule has 2 N–H and O–H groups in total. The number of imide groups is 1. The first-order valence-electron chi connectivity index (χ1n) is 9.23. The number of amides is 4. The summed E-state index contributed by atoms with van der Waals surface area (Å²) in [4.78, 5) is 40.2. The molecule has 1 aromatic carbocycles. The second-order valence-corrected chi connectivity index (χ2v) is 8.53. The van der Waals surface area contributed by atoms with E-state index in [9.17, 15) is 14.4 Å². The normalized spacial score (nSPS) is 23.5. The van der Waals surface area contributed by atoms with Crippen LogP contribution in [0.4, 0.5) is 10.5 Å². The topological polar surface area (TPSA) is 81.8 Å². The molecule has 0 bridgehead atoms. The van der Waals surface area contributed by atoms with Crippen LogP contribution in [-0.2, 0) is 9.59 Å². The summed E-state index contributed by atoms with van der Waals surface area (Å²) in [6.07, 6.45) is 0.257. The Hall–Kier alpha value is -1.99. The lowest BCUT2D eigenvalue weighted by Crippen LogP contribution is -2.52. The maximum absolute atomic E-state index is 12.9. The molecule has 2 aliphatic rings. The Morgan fingerprint density at radius 3 is 2.43 bits per heavy atom. The highest BCUT2D eigenvalue weighted by molar-refractivity contribution is 6.35. The van der Waals surface area contributed by atoms with Gasteiger partial charge in [0, 0.05) is 47.8 Å². The summed E-state index contributed by atoms with van der Waals surface area (Å²) in [5.41, 5.74) is 0.897. The Morgan fingerprint density at radius 2 is 1.86 bits per heavy atom. The first-order valence-corrected chi connectivity index (χ1v) is 9.99. The van der Waals surface area contributed by atoms with Crippen molar-refractivity contribution >= 4 is 46.7 Å². The summed E-state index contributed by atoms with van der Waals surface area (Å²) in [5.74, 6) is -0.797. The molecular formula is C19H24Cl2N4O3. The van der Waals surface area contributed by atoms with E-state index in [-0.39, 0.29) is 18.2 Å². The third kappa shape index (κ3) is 4.05. The lowest BCUT2D eigenvalue weighted by Gasteiger charge is -2.38. The first kappa shape index (κ1) is 20.7. The van der Waals surface area contributed by atoms with E-state index in [0.717, 1.165) is 11.3 Å². The summed E-state index contributed by atoms with van der Waals surface area (Å²) in [6.45, 7) is 7.87. The minimum absolute atomic E-state index is 0.0179. The number of urea groups is 1. The van der Waals surface area contributed by atoms with Gasteiger partial charge in [-0.1, -0.05) is 30.1 Å². The van der Waals surface area contributed by atoms with Crippen molar-refractivity contribution in [3.8, 4) is 0 Å². The van der Waals surface area contributed by atoms with E-state index in [0.29, 0.717) is 36.2 Å². The SMILES string of the molecule is Cc1c(Cl)cc(Cl)cc1N1CCN(C(=O)C(C)CC2(C)NC(=O)NC2=O)CC1. The number of nitrogens with one attached hydrogen (secondary N) is 2. The molecule has 2 heterocycles. The number of benzene rings is 1. The molecule has 0 spiro atoms. The molecule has 2 saturated heterocycles. The standard InChI is InChI=1S/C19H24Cl2N4O3/c1-11(10-19(3)17(27)22-18(28)23-19)16(26)25-6-4-24(5-7-25)15-9-13(20)8-14(21)12(15)2/h8-9,11H,4-7,10H2,1-3H3,(H2,22,23,27,28). The second kappa shape index (κ2) is 7.79. The van der Waals surface area contributed by atoms with Crippen LogP contribution in [0.1, 0.15) is 25.8 Å². The van der Waals surface area contributed by atoms with Crippen LogP contribution in [0.3, 0.4) is 0 Å². The predicted molar refractivity (Wildman–Crippen MR) is 109 cm³/mol. The van der Waals surface area contributed by atoms with E-state index in [4.69, 9.17) is 23.2 Å². The number of hydrogen-bond donors (Lipinski definition) is 2. The van der Waals surface area contributed by atoms with Crippen LogP contribution in [0.5, 0.6) is 0 Å². The van der Waals surface area contributed by atoms with E-state index in [1.165, 1.54) is 0 Å². The average molecular weight is 427 g/mol. The highest BCUT2D eigenvalue weighted by atomic mass is 35.5. The van der Waals surface area contributed by atoms with Crippen LogP contribution in [0.2, 0.25) is 10.0 Å². The molecule has 1 aromatic rings. The van der Waals surface area contributed by atoms with E-state index in [1.807, 2.05) is 13.0 Å². The van der Waals surface area contributed by atoms with Crippen LogP contribution in [0.25, 0.3) is 0 Å². The number of nitrogens with zero attached hydrogens (tertiary/aromatic N) is 2. The Balaban J connectivity index is 1.61. The number of hydrogen-bond acceptors (Lipinski definition) is 4. The van der Waals surface area contributed by atoms with Crippen molar-refractivity contribution in [3.63, 3.8) is 0 Å². The third-order valence-corrected chi connectivity index (χ3v) is 6.08. The van der Waals surface area contributed by atoms with Gasteiger partial charge < -0.3 is 15.1 Å². The van der Waals surface area contributed by atoms with Gasteiger partial charge in [-0.05, 0) is 38.0 Å². The molecule has 9 heteroatoms. The van der Waals surface area contributed by atoms with Gasteiger partial charge in [0.25, 0.3) is 5.91 Å². The largest absolute Gasteiger partial charge is 0.368 e. The Morgan fingerprint density at radius 1 is 1.21 bits per heavy atom. The molecule has 3 rings (SSSR count). The van der Waals surface area contributed by atoms with Gasteiger partial charge in [0.15, 0.2) is 0 Å². The number of carbonyl (C=O) groups excluding carboxylic acids is 3. The van der Waals surface area contributed by atoms with E-state index >= 15 is 0 Å². The second-order valence-electron chi connectivity index (χ2n) is 7.69. The van der Waals surface area contributed by atoms with Crippen molar-refractivity contribution in [3.05, 3.63) is 27.7 Å². The van der Waals surface area contributed by atoms with Gasteiger partial charge in [0.1, 0.15) is 5.54 Å². The van der Waals surface area contributed by atoms with Gasteiger partial charge in [-0.2, -0.15) is 0 Å². The Bertz CT molecular complexity index is 824. The lowest BCUT2D eigenvalue weighted by molar-refractivity contribution is -0.136. The zero-order chi connectivity index (χ0) is 20.6. The molecule has 2 fully saturated rings. The molecule has 152 valence electrons. The molecule has 0 saturated carbocycles. The van der Waals surface area contributed by atoms with Crippen molar-refractivity contribution in [2.75, 3.05) is 31.1 Å². The highest BCUT2D eigenvalue weighted by Gasteiger charge is 2.44. The van der Waals surface area contributed by atoms with Gasteiger partial charge in [-0.15, -0.1) is 0 Å². The molecule has 2 atom stereocenters. The third-order valence-electron chi connectivity index (χ3n) is 5.47. The zero-order valence-electron chi connectivity index (χ0n) is 16.1. The molecule has 0 radical (unpaired) electrons. The van der Waals surface area contributed by atoms with E-state index in [2.05, 4.69) is 15.5 Å². The smallest absolute Gasteiger partial charge is 0.322 e. The summed E-state index contributed by atoms with van der Waals surface area (Å²) in [5, 5.41) is 6.05. The molecular weight excluding hydrogens is 403 g/mol. The number of piperazine rings is 1. The van der Waals surface area contributed by atoms with Gasteiger partial charge >= 0.3 is 6.03 Å². The molecule has 0 aromatic heterocycles. The first-order chi connectivity index (χ1) is 13.1. The number of rotatable bonds is 4. The number of carbonyl (C=O) groups is 3. The van der Waals surface area contributed by atoms with Crippen molar-refractivity contribution in [1.82, 2.24) is 15.5 Å². The van der Waals surface area contributed by atoms with Crippen molar-refractivity contribution in [1.29, 1.82) is 0 Å². The van der Waals surface area contributed by atoms with E-state index < -0.39 is 17.5 Å². The fourth-order valence-electron chi connectivity index (χ4n) is 3.86. The minimum Gasteiger partial charge on any atom is -0.368 e. The summed E-state index contributed by atoms with van der Waals surface area (Å²) in [7, 11) is 0. The van der Waals surface area contributed by atoms with Gasteiger partial charge in [0.2, 0.25) is 5.91 Å². The van der Waals surface area contributed by atoms with Crippen LogP contribution in [0.15, 0.2) is 12.1 Å². The Labute approximate surface area is 174 Å².